The average molecular weight is 341 g/mol. The summed E-state index contributed by atoms with van der Waals surface area (Å²) in [4.78, 5) is 11.1. The van der Waals surface area contributed by atoms with Crippen molar-refractivity contribution in [3.05, 3.63) is 53.1 Å². The number of nitrogens with one attached hydrogen (secondary N) is 1. The third-order valence-corrected chi connectivity index (χ3v) is 3.97. The second kappa shape index (κ2) is 7.27. The molecule has 2 aromatic rings. The van der Waals surface area contributed by atoms with Crippen LogP contribution in [0.15, 0.2) is 36.4 Å². The molecule has 6 nitrogen and oxygen atoms in total. The minimum atomic E-state index is -0.365. The van der Waals surface area contributed by atoms with Crippen molar-refractivity contribution in [2.45, 2.75) is 6.54 Å². The Bertz CT molecular complexity index is 811. The molecule has 0 aromatic heterocycles. The van der Waals surface area contributed by atoms with E-state index in [1.807, 2.05) is 24.3 Å². The molecule has 6 heteroatoms. The van der Waals surface area contributed by atoms with Gasteiger partial charge in [-0.05, 0) is 35.4 Å². The van der Waals surface area contributed by atoms with E-state index in [1.54, 1.807) is 18.2 Å². The van der Waals surface area contributed by atoms with Gasteiger partial charge in [0.05, 0.1) is 13.7 Å². The topological polar surface area (TPSA) is 88.0 Å². The van der Waals surface area contributed by atoms with Crippen molar-refractivity contribution in [2.75, 3.05) is 20.3 Å². The van der Waals surface area contributed by atoms with E-state index in [1.165, 1.54) is 7.11 Å². The zero-order valence-electron chi connectivity index (χ0n) is 13.8. The Balaban J connectivity index is 1.82. The molecule has 0 fully saturated rings. The third kappa shape index (κ3) is 3.92. The molecular weight excluding hydrogens is 322 g/mol. The minimum Gasteiger partial charge on any atom is -0.508 e. The fourth-order valence-electron chi connectivity index (χ4n) is 2.61. The first-order valence-corrected chi connectivity index (χ1v) is 7.83. The van der Waals surface area contributed by atoms with Gasteiger partial charge in [0, 0.05) is 23.7 Å². The van der Waals surface area contributed by atoms with E-state index in [-0.39, 0.29) is 24.0 Å². The molecule has 0 saturated heterocycles. The van der Waals surface area contributed by atoms with Crippen molar-refractivity contribution in [3.8, 4) is 17.2 Å². The first kappa shape index (κ1) is 16.9. The Hall–Kier alpha value is -2.99. The summed E-state index contributed by atoms with van der Waals surface area (Å²) in [7, 11) is 1.33. The van der Waals surface area contributed by atoms with Gasteiger partial charge < -0.3 is 25.0 Å². The van der Waals surface area contributed by atoms with Gasteiger partial charge in [-0.2, -0.15) is 0 Å². The van der Waals surface area contributed by atoms with Crippen molar-refractivity contribution in [1.82, 2.24) is 5.32 Å². The number of fused-ring (bicyclic) bond motifs is 1. The standard InChI is InChI=1S/C19H19NO5/c1-24-19(23)10-20-9-14-6-13-7-15(11-25-18(13)8-17(14)22)12-2-4-16(21)5-3-12/h2-8,20-22H,9-11H2,1H3. The fraction of sp³-hybridized carbons (Fsp3) is 0.211. The largest absolute Gasteiger partial charge is 0.508 e. The molecule has 25 heavy (non-hydrogen) atoms. The molecular formula is C19H19NO5. The number of phenolic OH excluding ortho intramolecular Hbond substituents is 2. The van der Waals surface area contributed by atoms with E-state index in [2.05, 4.69) is 10.1 Å². The van der Waals surface area contributed by atoms with Crippen LogP contribution in [0.25, 0.3) is 11.6 Å². The van der Waals surface area contributed by atoms with E-state index < -0.39 is 0 Å². The van der Waals surface area contributed by atoms with E-state index in [0.29, 0.717) is 24.5 Å². The number of esters is 1. The number of hydrogen-bond acceptors (Lipinski definition) is 6. The van der Waals surface area contributed by atoms with E-state index in [4.69, 9.17) is 4.74 Å². The molecule has 0 atom stereocenters. The zero-order valence-corrected chi connectivity index (χ0v) is 13.8. The number of phenols is 2. The molecule has 0 radical (unpaired) electrons. The summed E-state index contributed by atoms with van der Waals surface area (Å²) in [6.07, 6.45) is 1.99. The smallest absolute Gasteiger partial charge is 0.319 e. The van der Waals surface area contributed by atoms with Gasteiger partial charge in [0.1, 0.15) is 23.9 Å². The zero-order chi connectivity index (χ0) is 17.8. The number of benzene rings is 2. The Labute approximate surface area is 145 Å². The summed E-state index contributed by atoms with van der Waals surface area (Å²) in [5.41, 5.74) is 3.45. The molecule has 3 rings (SSSR count). The van der Waals surface area contributed by atoms with Crippen LogP contribution in [0.1, 0.15) is 16.7 Å². The molecule has 0 saturated carbocycles. The van der Waals surface area contributed by atoms with E-state index in [0.717, 1.165) is 16.7 Å². The highest BCUT2D eigenvalue weighted by molar-refractivity contribution is 5.86. The van der Waals surface area contributed by atoms with E-state index in [9.17, 15) is 15.0 Å². The monoisotopic (exact) mass is 341 g/mol. The third-order valence-electron chi connectivity index (χ3n) is 3.97. The van der Waals surface area contributed by atoms with Gasteiger partial charge in [-0.25, -0.2) is 0 Å². The van der Waals surface area contributed by atoms with Crippen LogP contribution >= 0.6 is 0 Å². The second-order valence-corrected chi connectivity index (χ2v) is 5.70. The molecule has 0 amide bonds. The lowest BCUT2D eigenvalue weighted by Gasteiger charge is -2.20. The summed E-state index contributed by atoms with van der Waals surface area (Å²) >= 11 is 0. The number of carbonyl (C=O) groups is 1. The van der Waals surface area contributed by atoms with Crippen LogP contribution in [-0.4, -0.2) is 36.4 Å². The number of methoxy groups -OCH3 is 1. The predicted molar refractivity (Wildman–Crippen MR) is 93.3 cm³/mol. The van der Waals surface area contributed by atoms with E-state index >= 15 is 0 Å². The maximum Gasteiger partial charge on any atom is 0.319 e. The van der Waals surface area contributed by atoms with Crippen molar-refractivity contribution in [2.24, 2.45) is 0 Å². The molecule has 3 N–H and O–H groups in total. The predicted octanol–water partition coefficient (Wildman–Crippen LogP) is 2.29. The summed E-state index contributed by atoms with van der Waals surface area (Å²) in [6, 6.07) is 10.3. The number of rotatable bonds is 5. The Morgan fingerprint density at radius 1 is 1.24 bits per heavy atom. The van der Waals surface area contributed by atoms with Crippen LogP contribution in [-0.2, 0) is 16.1 Å². The highest BCUT2D eigenvalue weighted by Crippen LogP contribution is 2.35. The number of hydrogen-bond donors (Lipinski definition) is 3. The average Bonchev–Trinajstić information content (AvgIpc) is 2.62. The summed E-state index contributed by atoms with van der Waals surface area (Å²) in [6.45, 7) is 0.784. The van der Waals surface area contributed by atoms with Crippen LogP contribution in [0.3, 0.4) is 0 Å². The quantitative estimate of drug-likeness (QED) is 0.723. The van der Waals surface area contributed by atoms with Crippen LogP contribution < -0.4 is 10.1 Å². The normalized spacial score (nSPS) is 12.8. The van der Waals surface area contributed by atoms with Crippen LogP contribution in [0.5, 0.6) is 17.2 Å². The minimum absolute atomic E-state index is 0.0676. The van der Waals surface area contributed by atoms with Crippen molar-refractivity contribution < 1.29 is 24.5 Å². The first-order valence-electron chi connectivity index (χ1n) is 7.83. The SMILES string of the molecule is COC(=O)CNCc1cc2c(cc1O)OCC(c1ccc(O)cc1)=C2. The molecule has 0 unspecified atom stereocenters. The highest BCUT2D eigenvalue weighted by atomic mass is 16.5. The van der Waals surface area contributed by atoms with Gasteiger partial charge in [0.25, 0.3) is 0 Å². The number of carbonyl (C=O) groups excluding carboxylic acids is 1. The van der Waals surface area contributed by atoms with Gasteiger partial charge in [0.2, 0.25) is 0 Å². The van der Waals surface area contributed by atoms with Gasteiger partial charge >= 0.3 is 5.97 Å². The maximum atomic E-state index is 11.1. The second-order valence-electron chi connectivity index (χ2n) is 5.70. The van der Waals surface area contributed by atoms with Crippen LogP contribution in [0, 0.1) is 0 Å². The van der Waals surface area contributed by atoms with Crippen molar-refractivity contribution in [1.29, 1.82) is 0 Å². The molecule has 0 bridgehead atoms. The molecule has 0 spiro atoms. The fourth-order valence-corrected chi connectivity index (χ4v) is 2.61. The summed E-state index contributed by atoms with van der Waals surface area (Å²) in [5.74, 6) is 0.565. The van der Waals surface area contributed by atoms with Crippen LogP contribution in [0.2, 0.25) is 0 Å². The lowest BCUT2D eigenvalue weighted by Crippen LogP contribution is -2.23. The molecule has 1 aliphatic rings. The molecule has 0 aliphatic carbocycles. The lowest BCUT2D eigenvalue weighted by molar-refractivity contribution is -0.139. The van der Waals surface area contributed by atoms with Gasteiger partial charge in [-0.3, -0.25) is 4.79 Å². The summed E-state index contributed by atoms with van der Waals surface area (Å²) < 4.78 is 10.3. The molecule has 1 heterocycles. The first-order chi connectivity index (χ1) is 12.1. The molecule has 2 aromatic carbocycles. The maximum absolute atomic E-state index is 11.1. The van der Waals surface area contributed by atoms with Gasteiger partial charge in [-0.15, -0.1) is 0 Å². The van der Waals surface area contributed by atoms with Gasteiger partial charge in [0.15, 0.2) is 0 Å². The Morgan fingerprint density at radius 2 is 2.00 bits per heavy atom. The Morgan fingerprint density at radius 3 is 2.72 bits per heavy atom. The molecule has 130 valence electrons. The van der Waals surface area contributed by atoms with Crippen molar-refractivity contribution >= 4 is 17.6 Å². The number of aromatic hydroxyl groups is 2. The van der Waals surface area contributed by atoms with Crippen LogP contribution in [0.4, 0.5) is 0 Å². The van der Waals surface area contributed by atoms with Gasteiger partial charge in [-0.1, -0.05) is 12.1 Å². The lowest BCUT2D eigenvalue weighted by atomic mass is 9.99. The Kier molecular flexibility index (Phi) is 4.90. The summed E-state index contributed by atoms with van der Waals surface area (Å²) in [5, 5.41) is 22.4. The molecule has 1 aliphatic heterocycles. The number of ether oxygens (including phenoxy) is 2. The van der Waals surface area contributed by atoms with Crippen molar-refractivity contribution in [3.63, 3.8) is 0 Å². The highest BCUT2D eigenvalue weighted by Gasteiger charge is 2.16.